The van der Waals surface area contributed by atoms with Gasteiger partial charge in [0.15, 0.2) is 11.4 Å². The van der Waals surface area contributed by atoms with Gasteiger partial charge >= 0.3 is 6.03 Å². The summed E-state index contributed by atoms with van der Waals surface area (Å²) in [4.78, 5) is 38.0. The highest BCUT2D eigenvalue weighted by Crippen LogP contribution is 2.34. The predicted molar refractivity (Wildman–Crippen MR) is 227 cm³/mol. The molecule has 0 unspecified atom stereocenters. The Balaban J connectivity index is 1.12. The van der Waals surface area contributed by atoms with Gasteiger partial charge in [0.25, 0.3) is 30.4 Å². The molecule has 0 saturated heterocycles. The van der Waals surface area contributed by atoms with Gasteiger partial charge in [0.2, 0.25) is 11.6 Å². The van der Waals surface area contributed by atoms with Crippen molar-refractivity contribution in [3.8, 4) is 5.75 Å². The summed E-state index contributed by atoms with van der Waals surface area (Å²) in [5.74, 6) is -1.47. The Labute approximate surface area is 345 Å². The number of benzene rings is 5. The Morgan fingerprint density at radius 3 is 1.72 bits per heavy atom. The van der Waals surface area contributed by atoms with Crippen LogP contribution < -0.4 is 32.0 Å². The lowest BCUT2D eigenvalue weighted by Gasteiger charge is -2.18. The van der Waals surface area contributed by atoms with E-state index >= 15 is 0 Å². The monoisotopic (exact) mass is 887 g/mol. The lowest BCUT2D eigenvalue weighted by molar-refractivity contribution is 0.105. The minimum absolute atomic E-state index is 0.00678. The fourth-order valence-electron chi connectivity index (χ4n) is 6.30. The first-order chi connectivity index (χ1) is 28.7. The van der Waals surface area contributed by atoms with Gasteiger partial charge in [-0.05, 0) is 95.4 Å². The number of fused-ring (bicyclic) bond motifs is 3. The average molecular weight is 888 g/mol. The number of carbonyl (C=O) groups is 3. The number of amides is 2. The number of nitrogens with one attached hydrogen (secondary N) is 4. The average Bonchev–Trinajstić information content (AvgIpc) is 3.19. The number of rotatable bonds is 10. The van der Waals surface area contributed by atoms with Crippen LogP contribution in [0, 0.1) is 0 Å². The molecule has 2 aliphatic carbocycles. The lowest BCUT2D eigenvalue weighted by Crippen LogP contribution is -2.27. The Hall–Kier alpha value is -7.28. The Bertz CT molecular complexity index is 3240. The van der Waals surface area contributed by atoms with Crippen molar-refractivity contribution in [1.82, 2.24) is 0 Å². The molecular formula is C38H29N7O13S3. The molecule has 2 amide bonds. The molecule has 0 bridgehead atoms. The minimum Gasteiger partial charge on any atom is -0.495 e. The summed E-state index contributed by atoms with van der Waals surface area (Å²) in [6.07, 6.45) is 1.95. The number of nitrogens with two attached hydrogens (primary N) is 1. The zero-order chi connectivity index (χ0) is 44.0. The summed E-state index contributed by atoms with van der Waals surface area (Å²) in [5.41, 5.74) is 10.3. The summed E-state index contributed by atoms with van der Waals surface area (Å²) in [5, 5.41) is 13.5. The molecule has 61 heavy (non-hydrogen) atoms. The van der Waals surface area contributed by atoms with Crippen molar-refractivity contribution in [2.24, 2.45) is 10.2 Å². The van der Waals surface area contributed by atoms with Crippen LogP contribution in [0.5, 0.6) is 5.75 Å². The van der Waals surface area contributed by atoms with E-state index in [-0.39, 0.29) is 55.8 Å². The summed E-state index contributed by atoms with van der Waals surface area (Å²) >= 11 is 0. The number of hydrazone groups is 2. The zero-order valence-corrected chi connectivity index (χ0v) is 33.4. The summed E-state index contributed by atoms with van der Waals surface area (Å²) in [6, 6.07) is 19.7. The Morgan fingerprint density at radius 2 is 1.20 bits per heavy atom. The number of ether oxygens (including phenoxy) is 1. The van der Waals surface area contributed by atoms with Gasteiger partial charge in [-0.25, -0.2) is 4.79 Å². The predicted octanol–water partition coefficient (Wildman–Crippen LogP) is 5.11. The van der Waals surface area contributed by atoms with Gasteiger partial charge in [-0.15, -0.1) is 0 Å². The van der Waals surface area contributed by atoms with Crippen molar-refractivity contribution in [1.29, 1.82) is 0 Å². The van der Waals surface area contributed by atoms with E-state index in [4.69, 9.17) is 10.5 Å². The van der Waals surface area contributed by atoms with Crippen molar-refractivity contribution < 1.29 is 58.0 Å². The number of allylic oxidation sites excluding steroid dienone is 2. The largest absolute Gasteiger partial charge is 0.495 e. The number of nitrogen functional groups attached to an aromatic ring is 1. The fourth-order valence-corrected chi connectivity index (χ4v) is 8.14. The molecule has 0 aromatic heterocycles. The molecule has 20 nitrogen and oxygen atoms in total. The van der Waals surface area contributed by atoms with Crippen LogP contribution >= 0.6 is 0 Å². The smallest absolute Gasteiger partial charge is 0.323 e. The number of methoxy groups -OCH3 is 1. The van der Waals surface area contributed by atoms with Crippen molar-refractivity contribution in [2.75, 3.05) is 34.3 Å². The third kappa shape index (κ3) is 8.58. The number of Topliss-reactive ketones (excluding diaryl/α,β-unsaturated/α-hetero) is 2. The molecule has 0 fully saturated rings. The molecule has 0 heterocycles. The van der Waals surface area contributed by atoms with E-state index in [2.05, 4.69) is 31.7 Å². The van der Waals surface area contributed by atoms with Crippen LogP contribution in [0.25, 0.3) is 22.9 Å². The molecule has 0 atom stereocenters. The maximum atomic E-state index is 13.6. The maximum absolute atomic E-state index is 13.6. The van der Waals surface area contributed by atoms with E-state index < -0.39 is 74.1 Å². The number of ketones is 2. The first kappa shape index (κ1) is 41.9. The van der Waals surface area contributed by atoms with E-state index in [1.54, 1.807) is 24.3 Å². The summed E-state index contributed by atoms with van der Waals surface area (Å²) in [6.45, 7) is 0. The van der Waals surface area contributed by atoms with Crippen molar-refractivity contribution >= 4 is 111 Å². The fraction of sp³-hybridized carbons (Fsp3) is 0.0263. The van der Waals surface area contributed by atoms with E-state index in [9.17, 15) is 53.3 Å². The molecule has 0 aliphatic heterocycles. The van der Waals surface area contributed by atoms with Crippen LogP contribution in [0.2, 0.25) is 0 Å². The molecule has 0 saturated carbocycles. The van der Waals surface area contributed by atoms with Crippen LogP contribution in [0.3, 0.4) is 0 Å². The van der Waals surface area contributed by atoms with Crippen LogP contribution in [-0.4, -0.2) is 75.0 Å². The first-order valence-corrected chi connectivity index (χ1v) is 21.5. The number of hydrogen-bond acceptors (Lipinski definition) is 15. The highest BCUT2D eigenvalue weighted by molar-refractivity contribution is 7.91. The molecule has 9 N–H and O–H groups in total. The van der Waals surface area contributed by atoms with E-state index in [1.807, 2.05) is 0 Å². The van der Waals surface area contributed by atoms with E-state index in [0.717, 1.165) is 24.3 Å². The molecule has 7 rings (SSSR count). The SMILES string of the molecule is COc1ccccc1N/N=C1/C(=O)c2ccc(NC(=O)Nc3ccc4c(c3)C=C(S(=O)(=O)O)/C(=N\Nc3c(N)ccc5cc(S(=O)(=O)O)ccc35)C4=O)cc2C=C1S(=O)(=O)O. The Morgan fingerprint density at radius 1 is 0.656 bits per heavy atom. The zero-order valence-electron chi connectivity index (χ0n) is 30.9. The third-order valence-corrected chi connectivity index (χ3v) is 11.7. The standard InChI is InChI=1S/C38H29N7O13S3/c1-58-30-5-3-2-4-29(30)42-44-34-31(60(52,53)54)17-20-14-22(7-10-26(20)36(34)46)40-38(48)41-23-8-11-27-21(15-23)18-32(61(55,56)57)35(37(27)47)45-43-33-25-12-9-24(59(49,50)51)16-19(25)6-13-28(33)39/h2-18,42-43H,39H2,1H3,(H2,40,41,48)(H,49,50,51)(H,52,53,54)(H,55,56,57)/b44-34+,45-35+. The van der Waals surface area contributed by atoms with E-state index in [0.29, 0.717) is 11.4 Å². The number of urea groups is 1. The second kappa shape index (κ2) is 15.7. The Kier molecular flexibility index (Phi) is 10.8. The second-order valence-electron chi connectivity index (χ2n) is 13.0. The topological polar surface area (TPSA) is 322 Å². The van der Waals surface area contributed by atoms with E-state index in [1.165, 1.54) is 61.7 Å². The van der Waals surface area contributed by atoms with Gasteiger partial charge in [-0.1, -0.05) is 24.3 Å². The van der Waals surface area contributed by atoms with Crippen molar-refractivity contribution in [3.05, 3.63) is 123 Å². The van der Waals surface area contributed by atoms with Gasteiger partial charge in [-0.3, -0.25) is 34.1 Å². The van der Waals surface area contributed by atoms with Crippen molar-refractivity contribution in [3.63, 3.8) is 0 Å². The summed E-state index contributed by atoms with van der Waals surface area (Å²) < 4.78 is 108. The highest BCUT2D eigenvalue weighted by atomic mass is 32.2. The number of carbonyl (C=O) groups excluding carboxylic acids is 3. The quantitative estimate of drug-likeness (QED) is 0.0513. The minimum atomic E-state index is -5.11. The molecule has 0 spiro atoms. The number of anilines is 5. The van der Waals surface area contributed by atoms with Gasteiger partial charge in [-0.2, -0.15) is 35.5 Å². The molecule has 312 valence electrons. The molecule has 5 aromatic rings. The molecule has 2 aliphatic rings. The van der Waals surface area contributed by atoms with Gasteiger partial charge in [0.05, 0.1) is 29.1 Å². The lowest BCUT2D eigenvalue weighted by atomic mass is 9.94. The molecule has 23 heteroatoms. The van der Waals surface area contributed by atoms with Gasteiger partial charge < -0.3 is 21.1 Å². The maximum Gasteiger partial charge on any atom is 0.323 e. The molecular weight excluding hydrogens is 859 g/mol. The van der Waals surface area contributed by atoms with Gasteiger partial charge in [0, 0.05) is 27.9 Å². The van der Waals surface area contributed by atoms with Crippen LogP contribution in [-0.2, 0) is 30.4 Å². The first-order valence-electron chi connectivity index (χ1n) is 17.2. The normalized spacial score (nSPS) is 15.4. The number of nitrogens with zero attached hydrogens (tertiary/aromatic N) is 2. The van der Waals surface area contributed by atoms with Crippen LogP contribution in [0.1, 0.15) is 31.8 Å². The second-order valence-corrected chi connectivity index (χ2v) is 17.2. The summed E-state index contributed by atoms with van der Waals surface area (Å²) in [7, 11) is -13.2. The van der Waals surface area contributed by atoms with Crippen molar-refractivity contribution in [2.45, 2.75) is 4.90 Å². The van der Waals surface area contributed by atoms with Crippen LogP contribution in [0.4, 0.5) is 33.2 Å². The molecule has 5 aromatic carbocycles. The van der Waals surface area contributed by atoms with Gasteiger partial charge in [0.1, 0.15) is 15.6 Å². The number of para-hydroxylation sites is 2. The van der Waals surface area contributed by atoms with Crippen LogP contribution in [0.15, 0.2) is 116 Å². The third-order valence-electron chi connectivity index (χ3n) is 9.13. The highest BCUT2D eigenvalue weighted by Gasteiger charge is 2.35. The number of hydrogen-bond donors (Lipinski definition) is 8. The molecule has 0 radical (unpaired) electrons.